The van der Waals surface area contributed by atoms with Gasteiger partial charge in [0, 0.05) is 24.2 Å². The molecule has 2 fully saturated rings. The number of fused-ring (bicyclic) bond motifs is 1. The molecule has 2 N–H and O–H groups in total. The molecule has 2 aliphatic heterocycles. The van der Waals surface area contributed by atoms with Crippen LogP contribution in [0.2, 0.25) is 0 Å². The molecule has 8 heteroatoms. The normalized spacial score (nSPS) is 21.0. The number of benzene rings is 3. The molecule has 1 unspecified atom stereocenters. The monoisotopic (exact) mass is 598 g/mol. The van der Waals surface area contributed by atoms with E-state index in [0.29, 0.717) is 30.6 Å². The second kappa shape index (κ2) is 12.5. The number of hydrogen-bond acceptors (Lipinski definition) is 6. The summed E-state index contributed by atoms with van der Waals surface area (Å²) in [6.45, 7) is 9.56. The molecule has 44 heavy (non-hydrogen) atoms. The van der Waals surface area contributed by atoms with Crippen molar-refractivity contribution in [3.8, 4) is 17.2 Å². The average Bonchev–Trinajstić information content (AvgIpc) is 3.61. The van der Waals surface area contributed by atoms with Gasteiger partial charge in [0.2, 0.25) is 12.7 Å². The number of nitrogens with zero attached hydrogens (tertiary/aromatic N) is 1. The largest absolute Gasteiger partial charge is 0.493 e. The Bertz CT molecular complexity index is 1520. The number of amides is 1. The number of likely N-dealkylation sites (tertiary alicyclic amines) is 1. The predicted octanol–water partition coefficient (Wildman–Crippen LogP) is 6.43. The minimum absolute atomic E-state index is 0.0641. The maximum Gasteiger partial charge on any atom is 0.309 e. The number of hydrogen-bond donors (Lipinski definition) is 2. The molecule has 8 nitrogen and oxygen atoms in total. The number of ether oxygens (including phenoxy) is 3. The Labute approximate surface area is 259 Å². The molecule has 1 saturated heterocycles. The number of carboxylic acid groups (broad SMARTS) is 1. The molecule has 0 radical (unpaired) electrons. The van der Waals surface area contributed by atoms with E-state index in [2.05, 4.69) is 38.2 Å². The Morgan fingerprint density at radius 2 is 1.64 bits per heavy atom. The Morgan fingerprint density at radius 3 is 2.25 bits per heavy atom. The topological polar surface area (TPSA) is 97.3 Å². The zero-order valence-corrected chi connectivity index (χ0v) is 26.0. The van der Waals surface area contributed by atoms with Crippen molar-refractivity contribution in [3.05, 3.63) is 81.9 Å². The molecule has 1 saturated carbocycles. The average molecular weight is 599 g/mol. The molecule has 3 aromatic carbocycles. The lowest BCUT2D eigenvalue weighted by Crippen LogP contribution is -2.35. The van der Waals surface area contributed by atoms with Crippen molar-refractivity contribution in [2.24, 2.45) is 11.8 Å². The fourth-order valence-electron chi connectivity index (χ4n) is 6.85. The Balaban J connectivity index is 1.33. The first-order valence-corrected chi connectivity index (χ1v) is 15.8. The lowest BCUT2D eigenvalue weighted by molar-refractivity contribution is -0.143. The van der Waals surface area contributed by atoms with Crippen LogP contribution in [0.25, 0.3) is 0 Å². The van der Waals surface area contributed by atoms with E-state index in [9.17, 15) is 14.7 Å². The highest BCUT2D eigenvalue weighted by atomic mass is 16.7. The molecule has 0 spiro atoms. The van der Waals surface area contributed by atoms with E-state index >= 15 is 0 Å². The van der Waals surface area contributed by atoms with Crippen LogP contribution < -0.4 is 19.5 Å². The van der Waals surface area contributed by atoms with Gasteiger partial charge in [0.05, 0.1) is 19.1 Å². The number of aliphatic carboxylic acids is 1. The lowest BCUT2D eigenvalue weighted by Gasteiger charge is -2.27. The van der Waals surface area contributed by atoms with Crippen molar-refractivity contribution in [1.29, 1.82) is 0 Å². The minimum Gasteiger partial charge on any atom is -0.493 e. The summed E-state index contributed by atoms with van der Waals surface area (Å²) in [4.78, 5) is 28.9. The quantitative estimate of drug-likeness (QED) is 0.263. The summed E-state index contributed by atoms with van der Waals surface area (Å²) >= 11 is 0. The number of aryl methyl sites for hydroxylation is 4. The van der Waals surface area contributed by atoms with Crippen molar-refractivity contribution < 1.29 is 28.9 Å². The number of carbonyl (C=O) groups is 2. The summed E-state index contributed by atoms with van der Waals surface area (Å²) in [6, 6.07) is 15.3. The SMILES string of the molecule is CCc1cc(C)cc(CC)c1NC(=O)CN1C[C@H](c2cc3c(cc2C)OCO3)C(C(=O)O)[C@@H]1c1ccc(OCC2CC2)cc1. The molecular weight excluding hydrogens is 556 g/mol. The molecule has 3 atom stereocenters. The van der Waals surface area contributed by atoms with Crippen molar-refractivity contribution >= 4 is 17.6 Å². The molecular formula is C36H42N2O6. The van der Waals surface area contributed by atoms with Gasteiger partial charge in [0.15, 0.2) is 11.5 Å². The van der Waals surface area contributed by atoms with Crippen LogP contribution in [0.15, 0.2) is 48.5 Å². The second-order valence-corrected chi connectivity index (χ2v) is 12.4. The van der Waals surface area contributed by atoms with E-state index in [1.165, 1.54) is 18.4 Å². The summed E-state index contributed by atoms with van der Waals surface area (Å²) in [5, 5.41) is 13.9. The number of carboxylic acids is 1. The zero-order chi connectivity index (χ0) is 31.0. The maximum atomic E-state index is 13.8. The van der Waals surface area contributed by atoms with Gasteiger partial charge in [0.25, 0.3) is 0 Å². The molecule has 6 rings (SSSR count). The Kier molecular flexibility index (Phi) is 8.54. The van der Waals surface area contributed by atoms with Crippen LogP contribution in [0, 0.1) is 25.7 Å². The predicted molar refractivity (Wildman–Crippen MR) is 169 cm³/mol. The molecule has 0 aromatic heterocycles. The summed E-state index contributed by atoms with van der Waals surface area (Å²) in [7, 11) is 0. The smallest absolute Gasteiger partial charge is 0.309 e. The molecule has 0 bridgehead atoms. The summed E-state index contributed by atoms with van der Waals surface area (Å²) in [5.74, 6) is 0.515. The first kappa shape index (κ1) is 30.0. The highest BCUT2D eigenvalue weighted by Crippen LogP contribution is 2.49. The van der Waals surface area contributed by atoms with Crippen LogP contribution in [0.4, 0.5) is 5.69 Å². The standard InChI is InChI=1S/C36H42N2O6/c1-5-24-13-21(3)14-25(6-2)34(24)37-32(39)18-38-17-29(28-16-31-30(15-22(28)4)43-20-44-31)33(36(40)41)35(38)26-9-11-27(12-10-26)42-19-23-7-8-23/h9-16,23,29,33,35H,5-8,17-20H2,1-4H3,(H,37,39)(H,40,41)/t29-,33?,35+/m1/s1. The van der Waals surface area contributed by atoms with Gasteiger partial charge in [-0.15, -0.1) is 0 Å². The van der Waals surface area contributed by atoms with E-state index in [4.69, 9.17) is 14.2 Å². The van der Waals surface area contributed by atoms with Gasteiger partial charge in [-0.1, -0.05) is 43.7 Å². The zero-order valence-electron chi connectivity index (χ0n) is 26.0. The van der Waals surface area contributed by atoms with E-state index in [1.54, 1.807) is 0 Å². The molecule has 1 amide bonds. The molecule has 3 aromatic rings. The van der Waals surface area contributed by atoms with Crippen LogP contribution in [0.1, 0.15) is 72.0 Å². The molecule has 232 valence electrons. The highest BCUT2D eigenvalue weighted by Gasteiger charge is 2.48. The summed E-state index contributed by atoms with van der Waals surface area (Å²) in [6.07, 6.45) is 4.02. The maximum absolute atomic E-state index is 13.8. The van der Waals surface area contributed by atoms with E-state index in [-0.39, 0.29) is 25.2 Å². The van der Waals surface area contributed by atoms with Gasteiger partial charge in [0.1, 0.15) is 5.75 Å². The molecule has 1 aliphatic carbocycles. The first-order chi connectivity index (χ1) is 21.2. The number of nitrogens with one attached hydrogen (secondary N) is 1. The fourth-order valence-corrected chi connectivity index (χ4v) is 6.85. The van der Waals surface area contributed by atoms with Gasteiger partial charge >= 0.3 is 5.97 Å². The summed E-state index contributed by atoms with van der Waals surface area (Å²) < 4.78 is 17.2. The molecule has 2 heterocycles. The van der Waals surface area contributed by atoms with Crippen LogP contribution >= 0.6 is 0 Å². The Morgan fingerprint density at radius 1 is 0.977 bits per heavy atom. The van der Waals surface area contributed by atoms with Gasteiger partial charge in [-0.3, -0.25) is 14.5 Å². The van der Waals surface area contributed by atoms with Gasteiger partial charge in [-0.25, -0.2) is 0 Å². The lowest BCUT2D eigenvalue weighted by atomic mass is 9.81. The van der Waals surface area contributed by atoms with Gasteiger partial charge < -0.3 is 24.6 Å². The Hall–Kier alpha value is -4.04. The van der Waals surface area contributed by atoms with Crippen LogP contribution in [0.5, 0.6) is 17.2 Å². The number of carbonyl (C=O) groups excluding carboxylic acids is 1. The van der Waals surface area contributed by atoms with E-state index < -0.39 is 17.9 Å². The van der Waals surface area contributed by atoms with E-state index in [1.807, 2.05) is 48.2 Å². The van der Waals surface area contributed by atoms with Gasteiger partial charge in [-0.05, 0) is 97.5 Å². The highest BCUT2D eigenvalue weighted by molar-refractivity contribution is 5.94. The van der Waals surface area contributed by atoms with Crippen molar-refractivity contribution in [2.75, 3.05) is 31.8 Å². The van der Waals surface area contributed by atoms with Crippen molar-refractivity contribution in [2.45, 2.75) is 65.3 Å². The van der Waals surface area contributed by atoms with Crippen LogP contribution in [0.3, 0.4) is 0 Å². The van der Waals surface area contributed by atoms with Crippen LogP contribution in [-0.4, -0.2) is 48.4 Å². The first-order valence-electron chi connectivity index (χ1n) is 15.8. The third-order valence-corrected chi connectivity index (χ3v) is 9.27. The number of rotatable bonds is 11. The minimum atomic E-state index is -0.894. The third kappa shape index (κ3) is 6.13. The van der Waals surface area contributed by atoms with Crippen LogP contribution in [-0.2, 0) is 22.4 Å². The van der Waals surface area contributed by atoms with E-state index in [0.717, 1.165) is 52.1 Å². The third-order valence-electron chi connectivity index (χ3n) is 9.27. The van der Waals surface area contributed by atoms with Crippen molar-refractivity contribution in [3.63, 3.8) is 0 Å². The second-order valence-electron chi connectivity index (χ2n) is 12.4. The van der Waals surface area contributed by atoms with Gasteiger partial charge in [-0.2, -0.15) is 0 Å². The molecule has 3 aliphatic rings. The fraction of sp³-hybridized carbons (Fsp3) is 0.444. The number of anilines is 1. The van der Waals surface area contributed by atoms with Crippen molar-refractivity contribution in [1.82, 2.24) is 4.90 Å². The summed E-state index contributed by atoms with van der Waals surface area (Å²) in [5.41, 5.74) is 6.95.